The van der Waals surface area contributed by atoms with E-state index in [1.54, 1.807) is 6.07 Å². The Balaban J connectivity index is 1.94. The van der Waals surface area contributed by atoms with E-state index in [0.29, 0.717) is 24.3 Å². The summed E-state index contributed by atoms with van der Waals surface area (Å²) in [6.45, 7) is 1.73. The second-order valence-electron chi connectivity index (χ2n) is 4.54. The molecular formula is C11H20N6O. The van der Waals surface area contributed by atoms with Crippen LogP contribution in [-0.4, -0.2) is 41.1 Å². The first kappa shape index (κ1) is 12.8. The SMILES string of the molecule is CN1CCCCC1COc1cc(NN)nc(N)n1. The molecule has 1 aromatic rings. The molecule has 0 amide bonds. The number of ether oxygens (including phenoxy) is 1. The Kier molecular flexibility index (Phi) is 4.16. The van der Waals surface area contributed by atoms with Crippen LogP contribution in [0.2, 0.25) is 0 Å². The predicted molar refractivity (Wildman–Crippen MR) is 70.0 cm³/mol. The molecule has 18 heavy (non-hydrogen) atoms. The minimum Gasteiger partial charge on any atom is -0.476 e. The molecule has 1 aromatic heterocycles. The number of hydrogen-bond donors (Lipinski definition) is 3. The van der Waals surface area contributed by atoms with E-state index in [9.17, 15) is 0 Å². The van der Waals surface area contributed by atoms with Gasteiger partial charge in [0.1, 0.15) is 12.4 Å². The van der Waals surface area contributed by atoms with Gasteiger partial charge in [-0.1, -0.05) is 6.42 Å². The zero-order valence-corrected chi connectivity index (χ0v) is 10.6. The zero-order valence-electron chi connectivity index (χ0n) is 10.6. The fourth-order valence-corrected chi connectivity index (χ4v) is 2.13. The van der Waals surface area contributed by atoms with Gasteiger partial charge in [-0.25, -0.2) is 5.84 Å². The molecule has 0 aromatic carbocycles. The van der Waals surface area contributed by atoms with Crippen LogP contribution in [0.15, 0.2) is 6.07 Å². The number of hydrogen-bond acceptors (Lipinski definition) is 7. The molecule has 0 radical (unpaired) electrons. The Morgan fingerprint density at radius 2 is 2.33 bits per heavy atom. The van der Waals surface area contributed by atoms with Crippen molar-refractivity contribution in [3.8, 4) is 5.88 Å². The Morgan fingerprint density at radius 3 is 3.06 bits per heavy atom. The lowest BCUT2D eigenvalue weighted by Crippen LogP contribution is -2.40. The van der Waals surface area contributed by atoms with Gasteiger partial charge in [-0.3, -0.25) is 0 Å². The molecule has 0 spiro atoms. The Labute approximate surface area is 106 Å². The third-order valence-corrected chi connectivity index (χ3v) is 3.21. The number of anilines is 2. The van der Waals surface area contributed by atoms with Crippen LogP contribution in [0, 0.1) is 0 Å². The lowest BCUT2D eigenvalue weighted by atomic mass is 10.0. The Morgan fingerprint density at radius 1 is 1.50 bits per heavy atom. The molecular weight excluding hydrogens is 232 g/mol. The van der Waals surface area contributed by atoms with E-state index in [2.05, 4.69) is 27.3 Å². The number of hydrazine groups is 1. The summed E-state index contributed by atoms with van der Waals surface area (Å²) in [6, 6.07) is 2.07. The summed E-state index contributed by atoms with van der Waals surface area (Å²) in [5, 5.41) is 0. The molecule has 0 saturated carbocycles. The van der Waals surface area contributed by atoms with Crippen molar-refractivity contribution >= 4 is 11.8 Å². The molecule has 2 heterocycles. The number of nitrogens with zero attached hydrogens (tertiary/aromatic N) is 3. The summed E-state index contributed by atoms with van der Waals surface area (Å²) in [6.07, 6.45) is 3.66. The molecule has 1 aliphatic rings. The summed E-state index contributed by atoms with van der Waals surface area (Å²) >= 11 is 0. The summed E-state index contributed by atoms with van der Waals surface area (Å²) in [5.41, 5.74) is 8.00. The zero-order chi connectivity index (χ0) is 13.0. The van der Waals surface area contributed by atoms with Crippen molar-refractivity contribution in [2.75, 3.05) is 31.4 Å². The van der Waals surface area contributed by atoms with E-state index < -0.39 is 0 Å². The van der Waals surface area contributed by atoms with Crippen LogP contribution in [0.1, 0.15) is 19.3 Å². The van der Waals surface area contributed by atoms with Crippen molar-refractivity contribution in [2.24, 2.45) is 5.84 Å². The van der Waals surface area contributed by atoms with Crippen LogP contribution < -0.4 is 21.7 Å². The molecule has 100 valence electrons. The maximum absolute atomic E-state index is 5.67. The maximum Gasteiger partial charge on any atom is 0.225 e. The number of nitrogen functional groups attached to an aromatic ring is 2. The molecule has 7 nitrogen and oxygen atoms in total. The Hall–Kier alpha value is -1.60. The quantitative estimate of drug-likeness (QED) is 0.520. The van der Waals surface area contributed by atoms with Crippen molar-refractivity contribution in [3.63, 3.8) is 0 Å². The van der Waals surface area contributed by atoms with E-state index >= 15 is 0 Å². The monoisotopic (exact) mass is 252 g/mol. The molecule has 5 N–H and O–H groups in total. The van der Waals surface area contributed by atoms with Crippen LogP contribution in [-0.2, 0) is 0 Å². The molecule has 0 bridgehead atoms. The van der Waals surface area contributed by atoms with E-state index in [4.69, 9.17) is 16.3 Å². The van der Waals surface area contributed by atoms with E-state index in [1.165, 1.54) is 12.8 Å². The van der Waals surface area contributed by atoms with Crippen LogP contribution >= 0.6 is 0 Å². The lowest BCUT2D eigenvalue weighted by Gasteiger charge is -2.31. The average molecular weight is 252 g/mol. The number of nitrogens with one attached hydrogen (secondary N) is 1. The fourth-order valence-electron chi connectivity index (χ4n) is 2.13. The van der Waals surface area contributed by atoms with Crippen LogP contribution in [0.5, 0.6) is 5.88 Å². The van der Waals surface area contributed by atoms with Crippen molar-refractivity contribution in [1.29, 1.82) is 0 Å². The molecule has 1 fully saturated rings. The third-order valence-electron chi connectivity index (χ3n) is 3.21. The van der Waals surface area contributed by atoms with Gasteiger partial charge in [-0.2, -0.15) is 9.97 Å². The molecule has 0 aliphatic carbocycles. The van der Waals surface area contributed by atoms with E-state index in [1.807, 2.05) is 0 Å². The highest BCUT2D eigenvalue weighted by molar-refractivity contribution is 5.41. The van der Waals surface area contributed by atoms with Gasteiger partial charge in [0.15, 0.2) is 0 Å². The minimum absolute atomic E-state index is 0.150. The van der Waals surface area contributed by atoms with Gasteiger partial charge in [0.25, 0.3) is 0 Å². The number of rotatable bonds is 4. The second kappa shape index (κ2) is 5.83. The normalized spacial score (nSPS) is 20.7. The van der Waals surface area contributed by atoms with Crippen LogP contribution in [0.4, 0.5) is 11.8 Å². The molecule has 1 unspecified atom stereocenters. The van der Waals surface area contributed by atoms with Gasteiger partial charge in [0.2, 0.25) is 11.8 Å². The second-order valence-corrected chi connectivity index (χ2v) is 4.54. The van der Waals surface area contributed by atoms with Crippen LogP contribution in [0.3, 0.4) is 0 Å². The number of likely N-dealkylation sites (N-methyl/N-ethyl adjacent to an activating group) is 1. The maximum atomic E-state index is 5.67. The molecule has 1 saturated heterocycles. The molecule has 2 rings (SSSR count). The largest absolute Gasteiger partial charge is 0.476 e. The highest BCUT2D eigenvalue weighted by Gasteiger charge is 2.19. The number of nitrogens with two attached hydrogens (primary N) is 2. The fraction of sp³-hybridized carbons (Fsp3) is 0.636. The summed E-state index contributed by atoms with van der Waals surface area (Å²) in [5.74, 6) is 6.35. The highest BCUT2D eigenvalue weighted by atomic mass is 16.5. The third kappa shape index (κ3) is 3.21. The van der Waals surface area contributed by atoms with Gasteiger partial charge in [0.05, 0.1) is 0 Å². The molecule has 7 heteroatoms. The van der Waals surface area contributed by atoms with E-state index in [-0.39, 0.29) is 5.95 Å². The summed E-state index contributed by atoms with van der Waals surface area (Å²) in [7, 11) is 2.12. The first-order chi connectivity index (χ1) is 8.69. The van der Waals surface area contributed by atoms with Crippen molar-refractivity contribution < 1.29 is 4.74 Å². The Bertz CT molecular complexity index is 399. The molecule has 1 atom stereocenters. The molecule has 1 aliphatic heterocycles. The van der Waals surface area contributed by atoms with Gasteiger partial charge in [0, 0.05) is 12.1 Å². The first-order valence-corrected chi connectivity index (χ1v) is 6.13. The number of aromatic nitrogens is 2. The standard InChI is InChI=1S/C11H20N6O/c1-17-5-3-2-4-8(17)7-18-10-6-9(16-13)14-11(12)15-10/h6,8H,2-5,7,13H2,1H3,(H3,12,14,15,16). The number of piperidine rings is 1. The van der Waals surface area contributed by atoms with Crippen molar-refractivity contribution in [1.82, 2.24) is 14.9 Å². The summed E-state index contributed by atoms with van der Waals surface area (Å²) in [4.78, 5) is 10.2. The number of likely N-dealkylation sites (tertiary alicyclic amines) is 1. The van der Waals surface area contributed by atoms with Crippen molar-refractivity contribution in [3.05, 3.63) is 6.07 Å². The van der Waals surface area contributed by atoms with Gasteiger partial charge in [-0.05, 0) is 26.4 Å². The average Bonchev–Trinajstić information content (AvgIpc) is 2.37. The first-order valence-electron chi connectivity index (χ1n) is 6.13. The van der Waals surface area contributed by atoms with E-state index in [0.717, 1.165) is 13.0 Å². The lowest BCUT2D eigenvalue weighted by molar-refractivity contribution is 0.122. The van der Waals surface area contributed by atoms with Crippen molar-refractivity contribution in [2.45, 2.75) is 25.3 Å². The minimum atomic E-state index is 0.150. The smallest absolute Gasteiger partial charge is 0.225 e. The topological polar surface area (TPSA) is 102 Å². The van der Waals surface area contributed by atoms with Gasteiger partial charge < -0.3 is 20.8 Å². The van der Waals surface area contributed by atoms with Gasteiger partial charge >= 0.3 is 0 Å². The van der Waals surface area contributed by atoms with Crippen LogP contribution in [0.25, 0.3) is 0 Å². The highest BCUT2D eigenvalue weighted by Crippen LogP contribution is 2.18. The summed E-state index contributed by atoms with van der Waals surface area (Å²) < 4.78 is 5.67. The van der Waals surface area contributed by atoms with Gasteiger partial charge in [-0.15, -0.1) is 0 Å². The predicted octanol–water partition coefficient (Wildman–Crippen LogP) is 0.208.